The van der Waals surface area contributed by atoms with Crippen LogP contribution in [0.1, 0.15) is 41.5 Å². The third-order valence-corrected chi connectivity index (χ3v) is 4.79. The van der Waals surface area contributed by atoms with Crippen molar-refractivity contribution < 1.29 is 14.4 Å². The van der Waals surface area contributed by atoms with Gasteiger partial charge in [-0.05, 0) is 39.5 Å². The number of hydrogen-bond acceptors (Lipinski definition) is 4. The summed E-state index contributed by atoms with van der Waals surface area (Å²) in [6.07, 6.45) is 0. The van der Waals surface area contributed by atoms with Crippen molar-refractivity contribution in [1.82, 2.24) is 20.4 Å². The number of benzene rings is 1. The fraction of sp³-hybridized carbons (Fsp3) is 0.294. The van der Waals surface area contributed by atoms with E-state index in [0.717, 1.165) is 16.2 Å². The monoisotopic (exact) mass is 419 g/mol. The van der Waals surface area contributed by atoms with Crippen LogP contribution in [0.15, 0.2) is 28.7 Å². The molecule has 0 atom stereocenters. The normalized spacial score (nSPS) is 14.1. The molecule has 1 aliphatic heterocycles. The first-order valence-electron chi connectivity index (χ1n) is 8.09. The van der Waals surface area contributed by atoms with E-state index in [2.05, 4.69) is 36.8 Å². The summed E-state index contributed by atoms with van der Waals surface area (Å²) in [5, 5.41) is 12.2. The third-order valence-electron chi connectivity index (χ3n) is 3.99. The molecule has 1 fully saturated rings. The van der Waals surface area contributed by atoms with Gasteiger partial charge in [0.25, 0.3) is 5.91 Å². The lowest BCUT2D eigenvalue weighted by Crippen LogP contribution is -2.30. The van der Waals surface area contributed by atoms with Crippen molar-refractivity contribution in [1.29, 1.82) is 0 Å². The maximum atomic E-state index is 12.5. The van der Waals surface area contributed by atoms with Crippen LogP contribution in [0.3, 0.4) is 0 Å². The van der Waals surface area contributed by atoms with E-state index in [0.29, 0.717) is 10.2 Å². The molecule has 0 radical (unpaired) electrons. The summed E-state index contributed by atoms with van der Waals surface area (Å²) in [6, 6.07) is 6.59. The second-order valence-corrected chi connectivity index (χ2v) is 7.04. The number of rotatable bonds is 5. The number of nitrogens with zero attached hydrogens (tertiary/aromatic N) is 2. The SMILES string of the molecule is CC(C)c1[nH]nc(C(=O)Nc2cccc(CN3C(=O)CNC3=O)c2)c1Br. The van der Waals surface area contributed by atoms with E-state index in [4.69, 9.17) is 0 Å². The van der Waals surface area contributed by atoms with Gasteiger partial charge in [-0.15, -0.1) is 0 Å². The van der Waals surface area contributed by atoms with E-state index in [-0.39, 0.29) is 36.5 Å². The number of nitrogens with one attached hydrogen (secondary N) is 3. The summed E-state index contributed by atoms with van der Waals surface area (Å²) < 4.78 is 0.639. The number of aromatic nitrogens is 2. The van der Waals surface area contributed by atoms with E-state index in [9.17, 15) is 14.4 Å². The van der Waals surface area contributed by atoms with Crippen LogP contribution in [0.4, 0.5) is 10.5 Å². The predicted octanol–water partition coefficient (Wildman–Crippen LogP) is 2.60. The van der Waals surface area contributed by atoms with Crippen LogP contribution in [0.5, 0.6) is 0 Å². The number of aromatic amines is 1. The highest BCUT2D eigenvalue weighted by molar-refractivity contribution is 9.10. The standard InChI is InChI=1S/C17H18BrN5O3/c1-9(2)14-13(18)15(22-21-14)16(25)20-11-5-3-4-10(6-11)8-23-12(24)7-19-17(23)26/h3-6,9H,7-8H2,1-2H3,(H,19,26)(H,20,25)(H,21,22). The van der Waals surface area contributed by atoms with Gasteiger partial charge >= 0.3 is 6.03 Å². The van der Waals surface area contributed by atoms with Crippen LogP contribution >= 0.6 is 15.9 Å². The lowest BCUT2D eigenvalue weighted by atomic mass is 10.1. The minimum absolute atomic E-state index is 0.0145. The number of carbonyl (C=O) groups excluding carboxylic acids is 3. The fourth-order valence-corrected chi connectivity index (χ4v) is 3.43. The van der Waals surface area contributed by atoms with Crippen LogP contribution in [-0.2, 0) is 11.3 Å². The Morgan fingerprint density at radius 1 is 1.38 bits per heavy atom. The van der Waals surface area contributed by atoms with Crippen molar-refractivity contribution in [3.63, 3.8) is 0 Å². The second-order valence-electron chi connectivity index (χ2n) is 6.25. The lowest BCUT2D eigenvalue weighted by Gasteiger charge is -2.13. The molecule has 8 nitrogen and oxygen atoms in total. The molecular formula is C17H18BrN5O3. The van der Waals surface area contributed by atoms with E-state index in [1.54, 1.807) is 24.3 Å². The minimum Gasteiger partial charge on any atom is -0.329 e. The van der Waals surface area contributed by atoms with Gasteiger partial charge < -0.3 is 10.6 Å². The topological polar surface area (TPSA) is 107 Å². The first-order valence-corrected chi connectivity index (χ1v) is 8.88. The second kappa shape index (κ2) is 7.28. The van der Waals surface area contributed by atoms with Gasteiger partial charge in [0.2, 0.25) is 5.91 Å². The van der Waals surface area contributed by atoms with Crippen LogP contribution in [0.25, 0.3) is 0 Å². The number of halogens is 1. The Morgan fingerprint density at radius 2 is 2.15 bits per heavy atom. The number of hydrogen-bond donors (Lipinski definition) is 3. The molecule has 9 heteroatoms. The summed E-state index contributed by atoms with van der Waals surface area (Å²) in [7, 11) is 0. The Labute approximate surface area is 158 Å². The van der Waals surface area contributed by atoms with Crippen LogP contribution < -0.4 is 10.6 Å². The largest absolute Gasteiger partial charge is 0.329 e. The molecule has 1 aromatic heterocycles. The summed E-state index contributed by atoms with van der Waals surface area (Å²) in [5.74, 6) is -0.427. The smallest absolute Gasteiger partial charge is 0.324 e. The molecule has 1 saturated heterocycles. The molecule has 3 N–H and O–H groups in total. The highest BCUT2D eigenvalue weighted by Crippen LogP contribution is 2.26. The van der Waals surface area contributed by atoms with Gasteiger partial charge in [0.1, 0.15) is 0 Å². The number of imide groups is 1. The molecule has 0 saturated carbocycles. The Hall–Kier alpha value is -2.68. The molecule has 136 valence electrons. The highest BCUT2D eigenvalue weighted by Gasteiger charge is 2.28. The maximum absolute atomic E-state index is 12.5. The van der Waals surface area contributed by atoms with E-state index in [1.807, 2.05) is 13.8 Å². The Morgan fingerprint density at radius 3 is 2.77 bits per heavy atom. The van der Waals surface area contributed by atoms with Crippen LogP contribution in [0.2, 0.25) is 0 Å². The Bertz CT molecular complexity index is 861. The minimum atomic E-state index is -0.411. The number of H-pyrrole nitrogens is 1. The van der Waals surface area contributed by atoms with Crippen molar-refractivity contribution in [3.8, 4) is 0 Å². The van der Waals surface area contributed by atoms with Crippen molar-refractivity contribution in [2.75, 3.05) is 11.9 Å². The molecule has 0 bridgehead atoms. The number of urea groups is 1. The first kappa shape index (κ1) is 18.1. The van der Waals surface area contributed by atoms with Crippen LogP contribution in [0, 0.1) is 0 Å². The zero-order valence-corrected chi connectivity index (χ0v) is 15.9. The van der Waals surface area contributed by atoms with E-state index in [1.165, 1.54) is 0 Å². The zero-order chi connectivity index (χ0) is 18.8. The number of anilines is 1. The molecule has 4 amide bonds. The molecule has 26 heavy (non-hydrogen) atoms. The predicted molar refractivity (Wildman–Crippen MR) is 98.7 cm³/mol. The molecule has 2 heterocycles. The average Bonchev–Trinajstić information content (AvgIpc) is 3.12. The molecule has 0 spiro atoms. The average molecular weight is 420 g/mol. The van der Waals surface area contributed by atoms with Gasteiger partial charge in [0.05, 0.1) is 23.3 Å². The molecule has 3 rings (SSSR count). The van der Waals surface area contributed by atoms with Crippen molar-refractivity contribution >= 4 is 39.5 Å². The molecule has 0 aliphatic carbocycles. The molecule has 2 aromatic rings. The van der Waals surface area contributed by atoms with Crippen molar-refractivity contribution in [2.24, 2.45) is 0 Å². The zero-order valence-electron chi connectivity index (χ0n) is 14.3. The van der Waals surface area contributed by atoms with Gasteiger partial charge in [-0.25, -0.2) is 4.79 Å². The Balaban J connectivity index is 1.73. The number of carbonyl (C=O) groups is 3. The van der Waals surface area contributed by atoms with Gasteiger partial charge in [-0.2, -0.15) is 5.10 Å². The summed E-state index contributed by atoms with van der Waals surface area (Å²) >= 11 is 3.41. The molecule has 0 unspecified atom stereocenters. The van der Waals surface area contributed by atoms with Gasteiger partial charge in [0, 0.05) is 5.69 Å². The third kappa shape index (κ3) is 3.62. The van der Waals surface area contributed by atoms with E-state index < -0.39 is 6.03 Å². The quantitative estimate of drug-likeness (QED) is 0.647. The highest BCUT2D eigenvalue weighted by atomic mass is 79.9. The first-order chi connectivity index (χ1) is 12.4. The van der Waals surface area contributed by atoms with Gasteiger partial charge in [-0.3, -0.25) is 19.6 Å². The van der Waals surface area contributed by atoms with Gasteiger partial charge in [0.15, 0.2) is 5.69 Å². The summed E-state index contributed by atoms with van der Waals surface area (Å²) in [5.41, 5.74) is 2.41. The summed E-state index contributed by atoms with van der Waals surface area (Å²) in [4.78, 5) is 36.9. The maximum Gasteiger partial charge on any atom is 0.324 e. The lowest BCUT2D eigenvalue weighted by molar-refractivity contribution is -0.125. The molecule has 1 aromatic carbocycles. The van der Waals surface area contributed by atoms with Crippen molar-refractivity contribution in [2.45, 2.75) is 26.3 Å². The van der Waals surface area contributed by atoms with E-state index >= 15 is 0 Å². The van der Waals surface area contributed by atoms with Crippen molar-refractivity contribution in [3.05, 3.63) is 45.7 Å². The Kier molecular flexibility index (Phi) is 5.08. The fourth-order valence-electron chi connectivity index (χ4n) is 2.61. The van der Waals surface area contributed by atoms with Crippen LogP contribution in [-0.4, -0.2) is 39.5 Å². The number of amides is 4. The molecule has 1 aliphatic rings. The molecular weight excluding hydrogens is 402 g/mol. The summed E-state index contributed by atoms with van der Waals surface area (Å²) in [6.45, 7) is 4.16. The van der Waals surface area contributed by atoms with Gasteiger partial charge in [-0.1, -0.05) is 26.0 Å².